The van der Waals surface area contributed by atoms with Crippen molar-refractivity contribution in [3.05, 3.63) is 29.6 Å². The fourth-order valence-electron chi connectivity index (χ4n) is 2.42. The molecule has 1 aliphatic heterocycles. The highest BCUT2D eigenvalue weighted by Crippen LogP contribution is 2.18. The van der Waals surface area contributed by atoms with Crippen molar-refractivity contribution < 1.29 is 9.59 Å². The SMILES string of the molecule is CC1CCN(C(=O)c2ccnc(C(=O)NC(C)C)c2)CC1. The molecule has 1 aliphatic rings. The maximum Gasteiger partial charge on any atom is 0.270 e. The van der Waals surface area contributed by atoms with E-state index in [0.717, 1.165) is 25.9 Å². The van der Waals surface area contributed by atoms with E-state index in [0.29, 0.717) is 17.2 Å². The van der Waals surface area contributed by atoms with Gasteiger partial charge in [-0.05, 0) is 44.7 Å². The minimum atomic E-state index is -0.244. The number of hydrogen-bond donors (Lipinski definition) is 1. The maximum atomic E-state index is 12.5. The van der Waals surface area contributed by atoms with E-state index in [1.165, 1.54) is 6.20 Å². The first-order valence-corrected chi connectivity index (χ1v) is 7.53. The summed E-state index contributed by atoms with van der Waals surface area (Å²) in [5.74, 6) is 0.425. The average molecular weight is 289 g/mol. The van der Waals surface area contributed by atoms with Gasteiger partial charge in [-0.1, -0.05) is 6.92 Å². The predicted molar refractivity (Wildman–Crippen MR) is 81.1 cm³/mol. The van der Waals surface area contributed by atoms with Crippen LogP contribution >= 0.6 is 0 Å². The van der Waals surface area contributed by atoms with E-state index in [-0.39, 0.29) is 17.9 Å². The molecule has 0 unspecified atom stereocenters. The van der Waals surface area contributed by atoms with E-state index < -0.39 is 0 Å². The lowest BCUT2D eigenvalue weighted by atomic mass is 9.98. The molecule has 2 rings (SSSR count). The number of amides is 2. The van der Waals surface area contributed by atoms with E-state index in [1.54, 1.807) is 12.1 Å². The van der Waals surface area contributed by atoms with Gasteiger partial charge in [-0.2, -0.15) is 0 Å². The Morgan fingerprint density at radius 3 is 2.62 bits per heavy atom. The van der Waals surface area contributed by atoms with Gasteiger partial charge in [-0.3, -0.25) is 14.6 Å². The summed E-state index contributed by atoms with van der Waals surface area (Å²) in [4.78, 5) is 30.3. The van der Waals surface area contributed by atoms with E-state index in [1.807, 2.05) is 18.7 Å². The summed E-state index contributed by atoms with van der Waals surface area (Å²) in [6.45, 7) is 7.57. The number of nitrogens with zero attached hydrogens (tertiary/aromatic N) is 2. The van der Waals surface area contributed by atoms with Crippen molar-refractivity contribution in [2.45, 2.75) is 39.7 Å². The van der Waals surface area contributed by atoms with Crippen LogP contribution < -0.4 is 5.32 Å². The van der Waals surface area contributed by atoms with Gasteiger partial charge >= 0.3 is 0 Å². The molecule has 21 heavy (non-hydrogen) atoms. The van der Waals surface area contributed by atoms with Gasteiger partial charge in [-0.25, -0.2) is 0 Å². The van der Waals surface area contributed by atoms with E-state index >= 15 is 0 Å². The molecule has 0 bridgehead atoms. The Labute approximate surface area is 125 Å². The number of piperidine rings is 1. The fourth-order valence-corrected chi connectivity index (χ4v) is 2.42. The molecule has 5 nitrogen and oxygen atoms in total. The monoisotopic (exact) mass is 289 g/mol. The highest BCUT2D eigenvalue weighted by molar-refractivity contribution is 5.98. The van der Waals surface area contributed by atoms with Gasteiger partial charge in [0, 0.05) is 30.9 Å². The lowest BCUT2D eigenvalue weighted by Gasteiger charge is -2.30. The summed E-state index contributed by atoms with van der Waals surface area (Å²) in [5, 5.41) is 2.78. The smallest absolute Gasteiger partial charge is 0.270 e. The third-order valence-electron chi connectivity index (χ3n) is 3.73. The second-order valence-electron chi connectivity index (χ2n) is 6.03. The van der Waals surface area contributed by atoms with Crippen LogP contribution in [0.25, 0.3) is 0 Å². The Morgan fingerprint density at radius 1 is 1.33 bits per heavy atom. The van der Waals surface area contributed by atoms with Crippen LogP contribution in [0.5, 0.6) is 0 Å². The van der Waals surface area contributed by atoms with Crippen LogP contribution in [0.15, 0.2) is 18.3 Å². The molecule has 0 radical (unpaired) electrons. The van der Waals surface area contributed by atoms with Crippen LogP contribution in [0.2, 0.25) is 0 Å². The summed E-state index contributed by atoms with van der Waals surface area (Å²) >= 11 is 0. The largest absolute Gasteiger partial charge is 0.349 e. The third-order valence-corrected chi connectivity index (χ3v) is 3.73. The highest BCUT2D eigenvalue weighted by Gasteiger charge is 2.22. The lowest BCUT2D eigenvalue weighted by molar-refractivity contribution is 0.0697. The molecule has 1 saturated heterocycles. The van der Waals surface area contributed by atoms with Crippen molar-refractivity contribution in [2.75, 3.05) is 13.1 Å². The minimum Gasteiger partial charge on any atom is -0.349 e. The molecule has 0 spiro atoms. The third kappa shape index (κ3) is 4.03. The Balaban J connectivity index is 2.09. The Bertz CT molecular complexity index is 520. The van der Waals surface area contributed by atoms with Crippen LogP contribution in [-0.4, -0.2) is 40.8 Å². The van der Waals surface area contributed by atoms with Crippen LogP contribution in [0, 0.1) is 5.92 Å². The van der Waals surface area contributed by atoms with E-state index in [2.05, 4.69) is 17.2 Å². The lowest BCUT2D eigenvalue weighted by Crippen LogP contribution is -2.38. The minimum absolute atomic E-state index is 0.0112. The predicted octanol–water partition coefficient (Wildman–Crippen LogP) is 2.09. The standard InChI is InChI=1S/C16H23N3O2/c1-11(2)18-15(20)14-10-13(4-7-17-14)16(21)19-8-5-12(3)6-9-19/h4,7,10-12H,5-6,8-9H2,1-3H3,(H,18,20). The number of rotatable bonds is 3. The quantitative estimate of drug-likeness (QED) is 0.927. The van der Waals surface area contributed by atoms with Crippen molar-refractivity contribution in [3.8, 4) is 0 Å². The first-order valence-electron chi connectivity index (χ1n) is 7.53. The van der Waals surface area contributed by atoms with Gasteiger partial charge in [0.05, 0.1) is 0 Å². The van der Waals surface area contributed by atoms with E-state index in [4.69, 9.17) is 0 Å². The molecule has 5 heteroatoms. The van der Waals surface area contributed by atoms with E-state index in [9.17, 15) is 9.59 Å². The van der Waals surface area contributed by atoms with Crippen molar-refractivity contribution in [1.82, 2.24) is 15.2 Å². The topological polar surface area (TPSA) is 62.3 Å². The van der Waals surface area contributed by atoms with Gasteiger partial charge in [0.2, 0.25) is 0 Å². The van der Waals surface area contributed by atoms with Gasteiger partial charge in [0.1, 0.15) is 5.69 Å². The Morgan fingerprint density at radius 2 is 2.00 bits per heavy atom. The summed E-state index contributed by atoms with van der Waals surface area (Å²) in [6.07, 6.45) is 3.60. The van der Waals surface area contributed by atoms with Crippen molar-refractivity contribution in [3.63, 3.8) is 0 Å². The van der Waals surface area contributed by atoms with Crippen LogP contribution in [0.1, 0.15) is 54.5 Å². The summed E-state index contributed by atoms with van der Waals surface area (Å²) in [7, 11) is 0. The molecule has 2 heterocycles. The molecule has 0 atom stereocenters. The Hall–Kier alpha value is -1.91. The van der Waals surface area contributed by atoms with Crippen molar-refractivity contribution >= 4 is 11.8 Å². The summed E-state index contributed by atoms with van der Waals surface area (Å²) in [6, 6.07) is 3.30. The number of nitrogens with one attached hydrogen (secondary N) is 1. The molecule has 0 saturated carbocycles. The first kappa shape index (κ1) is 15.5. The second-order valence-corrected chi connectivity index (χ2v) is 6.03. The van der Waals surface area contributed by atoms with Gasteiger partial charge in [-0.15, -0.1) is 0 Å². The van der Waals surface area contributed by atoms with Gasteiger partial charge < -0.3 is 10.2 Å². The molecule has 114 valence electrons. The normalized spacial score (nSPS) is 16.1. The number of aromatic nitrogens is 1. The number of likely N-dealkylation sites (tertiary alicyclic amines) is 1. The van der Waals surface area contributed by atoms with Crippen molar-refractivity contribution in [1.29, 1.82) is 0 Å². The zero-order valence-electron chi connectivity index (χ0n) is 12.9. The summed E-state index contributed by atoms with van der Waals surface area (Å²) < 4.78 is 0. The first-order chi connectivity index (χ1) is 9.97. The Kier molecular flexibility index (Phi) is 4.94. The molecular weight excluding hydrogens is 266 g/mol. The molecule has 2 amide bonds. The number of carbonyl (C=O) groups is 2. The van der Waals surface area contributed by atoms with Crippen LogP contribution in [-0.2, 0) is 0 Å². The molecule has 0 aromatic carbocycles. The molecule has 1 aromatic heterocycles. The van der Waals surface area contributed by atoms with Crippen LogP contribution in [0.3, 0.4) is 0 Å². The zero-order valence-corrected chi connectivity index (χ0v) is 12.9. The molecular formula is C16H23N3O2. The number of pyridine rings is 1. The number of carbonyl (C=O) groups excluding carboxylic acids is 2. The molecule has 1 N–H and O–H groups in total. The maximum absolute atomic E-state index is 12.5. The molecule has 1 aromatic rings. The molecule has 0 aliphatic carbocycles. The van der Waals surface area contributed by atoms with Crippen LogP contribution in [0.4, 0.5) is 0 Å². The average Bonchev–Trinajstić information content (AvgIpc) is 2.47. The molecule has 1 fully saturated rings. The van der Waals surface area contributed by atoms with Crippen molar-refractivity contribution in [2.24, 2.45) is 5.92 Å². The fraction of sp³-hybridized carbons (Fsp3) is 0.562. The second kappa shape index (κ2) is 6.70. The van der Waals surface area contributed by atoms with Gasteiger partial charge in [0.15, 0.2) is 0 Å². The highest BCUT2D eigenvalue weighted by atomic mass is 16.2. The van der Waals surface area contributed by atoms with Gasteiger partial charge in [0.25, 0.3) is 11.8 Å². The summed E-state index contributed by atoms with van der Waals surface area (Å²) in [5.41, 5.74) is 0.827. The number of hydrogen-bond acceptors (Lipinski definition) is 3. The zero-order chi connectivity index (χ0) is 15.4.